The molecule has 2 N–H and O–H groups in total. The Hall–Kier alpha value is -3.63. The summed E-state index contributed by atoms with van der Waals surface area (Å²) in [6.45, 7) is 2.02. The Kier molecular flexibility index (Phi) is 8.40. The molecule has 1 aliphatic rings. The molecule has 7 nitrogen and oxygen atoms in total. The highest BCUT2D eigenvalue weighted by Gasteiger charge is 2.24. The molecule has 0 atom stereocenters. The molecule has 2 amide bonds. The first-order valence-electron chi connectivity index (χ1n) is 10.9. The molecule has 0 spiro atoms. The molecule has 1 saturated heterocycles. The fourth-order valence-electron chi connectivity index (χ4n) is 3.16. The average molecular weight is 570 g/mol. The SMILES string of the molecule is CCOc1cc(/C=C2/SC(=Nc3ccc(F)cc3)NC2=O)c(Br)cc1OCC(=O)Nc1ccccc1. The van der Waals surface area contributed by atoms with E-state index in [1.807, 2.05) is 25.1 Å². The zero-order chi connectivity index (χ0) is 25.5. The summed E-state index contributed by atoms with van der Waals surface area (Å²) < 4.78 is 25.2. The maximum Gasteiger partial charge on any atom is 0.264 e. The van der Waals surface area contributed by atoms with Gasteiger partial charge >= 0.3 is 0 Å². The summed E-state index contributed by atoms with van der Waals surface area (Å²) in [5, 5.41) is 5.86. The smallest absolute Gasteiger partial charge is 0.264 e. The molecule has 4 rings (SSSR count). The molecular formula is C26H21BrFN3O4S. The molecule has 1 aliphatic heterocycles. The number of carbonyl (C=O) groups is 2. The van der Waals surface area contributed by atoms with Gasteiger partial charge in [-0.3, -0.25) is 9.59 Å². The van der Waals surface area contributed by atoms with Crippen molar-refractivity contribution in [1.29, 1.82) is 0 Å². The fraction of sp³-hybridized carbons (Fsp3) is 0.115. The van der Waals surface area contributed by atoms with Gasteiger partial charge in [0.2, 0.25) is 0 Å². The van der Waals surface area contributed by atoms with E-state index in [1.54, 1.807) is 30.3 Å². The van der Waals surface area contributed by atoms with Crippen molar-refractivity contribution in [1.82, 2.24) is 5.32 Å². The summed E-state index contributed by atoms with van der Waals surface area (Å²) >= 11 is 4.68. The molecule has 0 bridgehead atoms. The molecular weight excluding hydrogens is 549 g/mol. The molecule has 0 saturated carbocycles. The number of nitrogens with one attached hydrogen (secondary N) is 2. The zero-order valence-electron chi connectivity index (χ0n) is 19.1. The number of nitrogens with zero attached hydrogens (tertiary/aromatic N) is 1. The van der Waals surface area contributed by atoms with E-state index in [9.17, 15) is 14.0 Å². The van der Waals surface area contributed by atoms with Crippen LogP contribution in [-0.4, -0.2) is 30.2 Å². The molecule has 0 unspecified atom stereocenters. The minimum atomic E-state index is -0.359. The van der Waals surface area contributed by atoms with Crippen LogP contribution >= 0.6 is 27.7 Å². The van der Waals surface area contributed by atoms with Gasteiger partial charge in [0.05, 0.1) is 17.2 Å². The van der Waals surface area contributed by atoms with E-state index < -0.39 is 0 Å². The molecule has 1 fully saturated rings. The van der Waals surface area contributed by atoms with Crippen molar-refractivity contribution in [3.05, 3.63) is 87.5 Å². The third kappa shape index (κ3) is 6.73. The third-order valence-electron chi connectivity index (χ3n) is 4.77. The Bertz CT molecular complexity index is 1330. The van der Waals surface area contributed by atoms with Crippen LogP contribution in [0.5, 0.6) is 11.5 Å². The second-order valence-electron chi connectivity index (χ2n) is 7.41. The van der Waals surface area contributed by atoms with Gasteiger partial charge < -0.3 is 20.1 Å². The van der Waals surface area contributed by atoms with E-state index in [-0.39, 0.29) is 24.2 Å². The second-order valence-corrected chi connectivity index (χ2v) is 9.30. The van der Waals surface area contributed by atoms with Gasteiger partial charge in [0, 0.05) is 10.2 Å². The highest BCUT2D eigenvalue weighted by Crippen LogP contribution is 2.37. The summed E-state index contributed by atoms with van der Waals surface area (Å²) in [6, 6.07) is 18.2. The monoisotopic (exact) mass is 569 g/mol. The molecule has 3 aromatic carbocycles. The second kappa shape index (κ2) is 11.9. The van der Waals surface area contributed by atoms with Gasteiger partial charge in [0.15, 0.2) is 23.3 Å². The van der Waals surface area contributed by atoms with Crippen molar-refractivity contribution in [2.75, 3.05) is 18.5 Å². The first-order valence-corrected chi connectivity index (χ1v) is 12.5. The predicted molar refractivity (Wildman–Crippen MR) is 143 cm³/mol. The van der Waals surface area contributed by atoms with Gasteiger partial charge in [-0.1, -0.05) is 34.1 Å². The van der Waals surface area contributed by atoms with Crippen LogP contribution in [0, 0.1) is 5.82 Å². The lowest BCUT2D eigenvalue weighted by molar-refractivity contribution is -0.118. The molecule has 3 aromatic rings. The number of thioether (sulfide) groups is 1. The summed E-state index contributed by atoms with van der Waals surface area (Å²) in [6.07, 6.45) is 1.70. The van der Waals surface area contributed by atoms with Crippen LogP contribution in [0.15, 0.2) is 81.1 Å². The van der Waals surface area contributed by atoms with E-state index in [2.05, 4.69) is 31.6 Å². The quantitative estimate of drug-likeness (QED) is 0.330. The number of hydrogen-bond donors (Lipinski definition) is 2. The molecule has 0 aliphatic carbocycles. The van der Waals surface area contributed by atoms with Gasteiger partial charge in [-0.25, -0.2) is 9.38 Å². The average Bonchev–Trinajstić information content (AvgIpc) is 3.20. The number of ether oxygens (including phenoxy) is 2. The first kappa shape index (κ1) is 25.5. The summed E-state index contributed by atoms with van der Waals surface area (Å²) in [4.78, 5) is 29.5. The van der Waals surface area contributed by atoms with E-state index in [0.29, 0.717) is 49.6 Å². The van der Waals surface area contributed by atoms with Gasteiger partial charge in [0.1, 0.15) is 5.82 Å². The number of amides is 2. The standard InChI is InChI=1S/C26H21BrFN3O4S/c1-2-34-21-12-16(13-23-25(33)31-26(36-23)30-19-10-8-17(28)9-11-19)20(27)14-22(21)35-15-24(32)29-18-6-4-3-5-7-18/h3-14H,2,15H2,1H3,(H,29,32)(H,30,31,33)/b23-13+. The largest absolute Gasteiger partial charge is 0.490 e. The van der Waals surface area contributed by atoms with Crippen molar-refractivity contribution in [3.63, 3.8) is 0 Å². The summed E-state index contributed by atoms with van der Waals surface area (Å²) in [7, 11) is 0. The lowest BCUT2D eigenvalue weighted by atomic mass is 10.2. The molecule has 1 heterocycles. The maximum atomic E-state index is 13.1. The van der Waals surface area contributed by atoms with Crippen LogP contribution in [0.4, 0.5) is 15.8 Å². The van der Waals surface area contributed by atoms with Crippen molar-refractivity contribution < 1.29 is 23.5 Å². The number of anilines is 1. The van der Waals surface area contributed by atoms with Crippen LogP contribution < -0.4 is 20.1 Å². The number of para-hydroxylation sites is 1. The Morgan fingerprint density at radius 1 is 1.11 bits per heavy atom. The third-order valence-corrected chi connectivity index (χ3v) is 6.37. The molecule has 0 radical (unpaired) electrons. The lowest BCUT2D eigenvalue weighted by Crippen LogP contribution is -2.20. The number of carbonyl (C=O) groups excluding carboxylic acids is 2. The zero-order valence-corrected chi connectivity index (χ0v) is 21.5. The Balaban J connectivity index is 1.49. The highest BCUT2D eigenvalue weighted by molar-refractivity contribution is 9.10. The number of amidine groups is 1. The number of halogens is 2. The van der Waals surface area contributed by atoms with Gasteiger partial charge in [-0.2, -0.15) is 0 Å². The summed E-state index contributed by atoms with van der Waals surface area (Å²) in [5.41, 5.74) is 1.88. The lowest BCUT2D eigenvalue weighted by Gasteiger charge is -2.14. The number of aliphatic imine (C=N–C) groups is 1. The number of hydrogen-bond acceptors (Lipinski definition) is 6. The minimum Gasteiger partial charge on any atom is -0.490 e. The van der Waals surface area contributed by atoms with Crippen molar-refractivity contribution >= 4 is 62.1 Å². The van der Waals surface area contributed by atoms with Gasteiger partial charge in [-0.05, 0) is 78.9 Å². The normalized spacial score (nSPS) is 15.1. The van der Waals surface area contributed by atoms with Gasteiger partial charge in [-0.15, -0.1) is 0 Å². The minimum absolute atomic E-state index is 0.205. The van der Waals surface area contributed by atoms with E-state index in [1.165, 1.54) is 36.0 Å². The Labute approximate surface area is 219 Å². The van der Waals surface area contributed by atoms with Crippen molar-refractivity contribution in [3.8, 4) is 11.5 Å². The first-order chi connectivity index (χ1) is 17.4. The van der Waals surface area contributed by atoms with Crippen molar-refractivity contribution in [2.24, 2.45) is 4.99 Å². The van der Waals surface area contributed by atoms with Crippen LogP contribution in [0.1, 0.15) is 12.5 Å². The number of benzene rings is 3. The Morgan fingerprint density at radius 2 is 1.83 bits per heavy atom. The summed E-state index contributed by atoms with van der Waals surface area (Å²) in [5.74, 6) is -0.150. The van der Waals surface area contributed by atoms with Crippen LogP contribution in [0.3, 0.4) is 0 Å². The van der Waals surface area contributed by atoms with Crippen LogP contribution in [0.25, 0.3) is 6.08 Å². The van der Waals surface area contributed by atoms with Gasteiger partial charge in [0.25, 0.3) is 11.8 Å². The fourth-order valence-corrected chi connectivity index (χ4v) is 4.43. The number of rotatable bonds is 8. The predicted octanol–water partition coefficient (Wildman–Crippen LogP) is 5.90. The van der Waals surface area contributed by atoms with E-state index in [0.717, 1.165) is 0 Å². The van der Waals surface area contributed by atoms with E-state index >= 15 is 0 Å². The van der Waals surface area contributed by atoms with Crippen LogP contribution in [0.2, 0.25) is 0 Å². The Morgan fingerprint density at radius 3 is 2.56 bits per heavy atom. The maximum absolute atomic E-state index is 13.1. The molecule has 0 aromatic heterocycles. The molecule has 36 heavy (non-hydrogen) atoms. The molecule has 184 valence electrons. The molecule has 10 heteroatoms. The topological polar surface area (TPSA) is 89.0 Å². The van der Waals surface area contributed by atoms with Crippen molar-refractivity contribution in [2.45, 2.75) is 6.92 Å². The van der Waals surface area contributed by atoms with Crippen LogP contribution in [-0.2, 0) is 9.59 Å². The highest BCUT2D eigenvalue weighted by atomic mass is 79.9. The van der Waals surface area contributed by atoms with E-state index in [4.69, 9.17) is 9.47 Å².